The molecule has 1 rings (SSSR count). The molecule has 0 bridgehead atoms. The molecule has 0 heterocycles. The summed E-state index contributed by atoms with van der Waals surface area (Å²) in [7, 11) is 0. The molecule has 92 valence electrons. The third-order valence-electron chi connectivity index (χ3n) is 1.90. The number of rotatable bonds is 3. The first kappa shape index (κ1) is 13.2. The van der Waals surface area contributed by atoms with Gasteiger partial charge >= 0.3 is 0 Å². The van der Waals surface area contributed by atoms with Crippen LogP contribution in [0.5, 0.6) is 0 Å². The van der Waals surface area contributed by atoms with E-state index in [1.807, 2.05) is 0 Å². The number of guanidine groups is 2. The van der Waals surface area contributed by atoms with Gasteiger partial charge in [-0.25, -0.2) is 4.39 Å². The van der Waals surface area contributed by atoms with Crippen molar-refractivity contribution in [1.82, 2.24) is 0 Å². The molecule has 0 radical (unpaired) electrons. The van der Waals surface area contributed by atoms with Crippen molar-refractivity contribution in [3.63, 3.8) is 0 Å². The van der Waals surface area contributed by atoms with Gasteiger partial charge in [-0.05, 0) is 24.1 Å². The van der Waals surface area contributed by atoms with Gasteiger partial charge in [0.25, 0.3) is 0 Å². The van der Waals surface area contributed by atoms with Crippen molar-refractivity contribution < 1.29 is 4.39 Å². The highest BCUT2D eigenvalue weighted by atomic mass is 35.5. The summed E-state index contributed by atoms with van der Waals surface area (Å²) >= 11 is 5.63. The molecule has 0 aliphatic carbocycles. The van der Waals surface area contributed by atoms with Crippen molar-refractivity contribution in [1.29, 1.82) is 0 Å². The molecule has 0 saturated heterocycles. The largest absolute Gasteiger partial charge is 0.370 e. The van der Waals surface area contributed by atoms with E-state index in [4.69, 9.17) is 28.8 Å². The van der Waals surface area contributed by atoms with Crippen LogP contribution in [0, 0.1) is 5.82 Å². The van der Waals surface area contributed by atoms with Gasteiger partial charge in [0.15, 0.2) is 5.96 Å². The molecule has 0 unspecified atom stereocenters. The molecular formula is C10H13ClFN5. The molecule has 0 saturated carbocycles. The molecule has 0 aromatic heterocycles. The minimum Gasteiger partial charge on any atom is -0.370 e. The molecule has 0 atom stereocenters. The van der Waals surface area contributed by atoms with Gasteiger partial charge in [-0.15, -0.1) is 0 Å². The van der Waals surface area contributed by atoms with E-state index in [0.717, 1.165) is 5.56 Å². The lowest BCUT2D eigenvalue weighted by Gasteiger charge is -2.00. The highest BCUT2D eigenvalue weighted by molar-refractivity contribution is 6.30. The van der Waals surface area contributed by atoms with Crippen LogP contribution in [0.4, 0.5) is 4.39 Å². The Morgan fingerprint density at radius 3 is 2.59 bits per heavy atom. The van der Waals surface area contributed by atoms with Crippen molar-refractivity contribution in [3.8, 4) is 0 Å². The number of aliphatic imine (C=N–C) groups is 2. The number of hydrogen-bond donors (Lipinski definition) is 3. The predicted octanol–water partition coefficient (Wildman–Crippen LogP) is 0.610. The smallest absolute Gasteiger partial charge is 0.218 e. The standard InChI is InChI=1S/C10H13ClFN5/c11-7-5-6(1-2-8(7)12)3-4-16-10(15)17-9(13)14/h1-2,5H,3-4H2,(H6,13,14,15,16,17). The van der Waals surface area contributed by atoms with Crippen LogP contribution in [0.2, 0.25) is 5.02 Å². The van der Waals surface area contributed by atoms with Crippen LogP contribution in [0.1, 0.15) is 5.56 Å². The monoisotopic (exact) mass is 257 g/mol. The topological polar surface area (TPSA) is 103 Å². The van der Waals surface area contributed by atoms with Crippen molar-refractivity contribution in [2.24, 2.45) is 27.2 Å². The molecule has 1 aromatic carbocycles. The van der Waals surface area contributed by atoms with Gasteiger partial charge in [0.1, 0.15) is 5.82 Å². The van der Waals surface area contributed by atoms with Crippen LogP contribution in [-0.2, 0) is 6.42 Å². The lowest BCUT2D eigenvalue weighted by atomic mass is 10.1. The van der Waals surface area contributed by atoms with Crippen LogP contribution >= 0.6 is 11.6 Å². The highest BCUT2D eigenvalue weighted by Gasteiger charge is 2.00. The van der Waals surface area contributed by atoms with Gasteiger partial charge in [-0.3, -0.25) is 4.99 Å². The Morgan fingerprint density at radius 1 is 1.29 bits per heavy atom. The lowest BCUT2D eigenvalue weighted by molar-refractivity contribution is 0.627. The van der Waals surface area contributed by atoms with E-state index in [-0.39, 0.29) is 16.9 Å². The highest BCUT2D eigenvalue weighted by Crippen LogP contribution is 2.16. The molecule has 7 heteroatoms. The van der Waals surface area contributed by atoms with Gasteiger partial charge < -0.3 is 17.2 Å². The van der Waals surface area contributed by atoms with Crippen molar-refractivity contribution in [2.45, 2.75) is 6.42 Å². The number of nitrogens with two attached hydrogens (primary N) is 3. The van der Waals surface area contributed by atoms with Crippen molar-refractivity contribution >= 4 is 23.5 Å². The second kappa shape index (κ2) is 6.05. The van der Waals surface area contributed by atoms with Crippen LogP contribution in [0.3, 0.4) is 0 Å². The zero-order valence-electron chi connectivity index (χ0n) is 9.03. The zero-order valence-corrected chi connectivity index (χ0v) is 9.78. The maximum absolute atomic E-state index is 12.9. The Bertz CT molecular complexity index is 454. The minimum atomic E-state index is -0.445. The summed E-state index contributed by atoms with van der Waals surface area (Å²) < 4.78 is 12.9. The van der Waals surface area contributed by atoms with Crippen molar-refractivity contribution in [3.05, 3.63) is 34.6 Å². The quantitative estimate of drug-likeness (QED) is 0.546. The summed E-state index contributed by atoms with van der Waals surface area (Å²) in [6.07, 6.45) is 0.570. The summed E-state index contributed by atoms with van der Waals surface area (Å²) in [5, 5.41) is 0.0867. The van der Waals surface area contributed by atoms with Gasteiger partial charge in [0.05, 0.1) is 5.02 Å². The fourth-order valence-corrected chi connectivity index (χ4v) is 1.37. The number of benzene rings is 1. The van der Waals surface area contributed by atoms with E-state index in [1.54, 1.807) is 12.1 Å². The van der Waals surface area contributed by atoms with E-state index in [2.05, 4.69) is 9.98 Å². The van der Waals surface area contributed by atoms with E-state index >= 15 is 0 Å². The Balaban J connectivity index is 2.56. The maximum atomic E-state index is 12.9. The number of hydrogen-bond acceptors (Lipinski definition) is 1. The second-order valence-corrected chi connectivity index (χ2v) is 3.68. The van der Waals surface area contributed by atoms with Gasteiger partial charge in [0.2, 0.25) is 5.96 Å². The Morgan fingerprint density at radius 2 is 2.00 bits per heavy atom. The summed E-state index contributed by atoms with van der Waals surface area (Å²) in [6.45, 7) is 0.393. The molecular weight excluding hydrogens is 245 g/mol. The van der Waals surface area contributed by atoms with Crippen LogP contribution < -0.4 is 17.2 Å². The second-order valence-electron chi connectivity index (χ2n) is 3.28. The first-order valence-corrected chi connectivity index (χ1v) is 5.20. The van der Waals surface area contributed by atoms with E-state index < -0.39 is 5.82 Å². The van der Waals surface area contributed by atoms with E-state index in [1.165, 1.54) is 6.07 Å². The summed E-state index contributed by atoms with van der Waals surface area (Å²) in [5.74, 6) is -0.576. The Kier molecular flexibility index (Phi) is 4.71. The SMILES string of the molecule is NC(N)=NC(N)=NCCc1ccc(F)c(Cl)c1. The fraction of sp³-hybridized carbons (Fsp3) is 0.200. The third kappa shape index (κ3) is 4.69. The van der Waals surface area contributed by atoms with Crippen LogP contribution in [0.15, 0.2) is 28.2 Å². The van der Waals surface area contributed by atoms with Gasteiger partial charge in [-0.2, -0.15) is 4.99 Å². The van der Waals surface area contributed by atoms with Crippen molar-refractivity contribution in [2.75, 3.05) is 6.54 Å². The number of halogens is 2. The summed E-state index contributed by atoms with van der Waals surface area (Å²) in [6, 6.07) is 4.48. The predicted molar refractivity (Wildman–Crippen MR) is 67.4 cm³/mol. The summed E-state index contributed by atoms with van der Waals surface area (Å²) in [4.78, 5) is 7.48. The number of nitrogens with zero attached hydrogens (tertiary/aromatic N) is 2. The molecule has 0 aliphatic heterocycles. The Labute approximate surface area is 103 Å². The molecule has 5 nitrogen and oxygen atoms in total. The Hall–Kier alpha value is -1.82. The molecule has 0 spiro atoms. The molecule has 0 amide bonds. The molecule has 0 aliphatic rings. The average molecular weight is 258 g/mol. The van der Waals surface area contributed by atoms with Gasteiger partial charge in [-0.1, -0.05) is 17.7 Å². The average Bonchev–Trinajstić information content (AvgIpc) is 2.22. The summed E-state index contributed by atoms with van der Waals surface area (Å²) in [5.41, 5.74) is 16.5. The molecule has 1 aromatic rings. The first-order chi connectivity index (χ1) is 7.99. The normalized spacial score (nSPS) is 11.3. The minimum absolute atomic E-state index is 0.0122. The fourth-order valence-electron chi connectivity index (χ4n) is 1.16. The molecule has 0 fully saturated rings. The van der Waals surface area contributed by atoms with Crippen LogP contribution in [0.25, 0.3) is 0 Å². The maximum Gasteiger partial charge on any atom is 0.218 e. The lowest BCUT2D eigenvalue weighted by Crippen LogP contribution is -2.26. The zero-order chi connectivity index (χ0) is 12.8. The third-order valence-corrected chi connectivity index (χ3v) is 2.19. The molecule has 17 heavy (non-hydrogen) atoms. The first-order valence-electron chi connectivity index (χ1n) is 4.82. The van der Waals surface area contributed by atoms with E-state index in [0.29, 0.717) is 13.0 Å². The molecule has 6 N–H and O–H groups in total. The van der Waals surface area contributed by atoms with E-state index in [9.17, 15) is 4.39 Å². The van der Waals surface area contributed by atoms with Crippen LogP contribution in [-0.4, -0.2) is 18.5 Å². The van der Waals surface area contributed by atoms with Gasteiger partial charge in [0, 0.05) is 6.54 Å².